The van der Waals surface area contributed by atoms with Gasteiger partial charge in [0.15, 0.2) is 6.29 Å². The highest BCUT2D eigenvalue weighted by molar-refractivity contribution is 14.1. The average molecular weight is 291 g/mol. The fourth-order valence-electron chi connectivity index (χ4n) is 0.813. The third kappa shape index (κ3) is 2.48. The van der Waals surface area contributed by atoms with Gasteiger partial charge in [-0.15, -0.1) is 0 Å². The monoisotopic (exact) mass is 291 g/mol. The van der Waals surface area contributed by atoms with Crippen molar-refractivity contribution in [2.75, 3.05) is 7.11 Å². The van der Waals surface area contributed by atoms with Gasteiger partial charge in [0, 0.05) is 0 Å². The summed E-state index contributed by atoms with van der Waals surface area (Å²) in [6.45, 7) is 0. The van der Waals surface area contributed by atoms with Crippen molar-refractivity contribution >= 4 is 34.8 Å². The number of ether oxygens (including phenoxy) is 1. The van der Waals surface area contributed by atoms with E-state index >= 15 is 0 Å². The number of rotatable bonds is 2. The maximum Gasteiger partial charge on any atom is 0.338 e. The van der Waals surface area contributed by atoms with Crippen molar-refractivity contribution in [1.29, 1.82) is 0 Å². The van der Waals surface area contributed by atoms with Crippen molar-refractivity contribution in [2.24, 2.45) is 0 Å². The zero-order valence-electron chi connectivity index (χ0n) is 6.78. The number of aromatic nitrogens is 1. The molecule has 1 aromatic heterocycles. The number of esters is 1. The summed E-state index contributed by atoms with van der Waals surface area (Å²) in [5, 5.41) is 0. The van der Waals surface area contributed by atoms with Gasteiger partial charge in [0.2, 0.25) is 0 Å². The molecule has 0 saturated heterocycles. The predicted octanol–water partition coefficient (Wildman–Crippen LogP) is 1.29. The van der Waals surface area contributed by atoms with Crippen LogP contribution < -0.4 is 0 Å². The first-order valence-electron chi connectivity index (χ1n) is 3.38. The lowest BCUT2D eigenvalue weighted by atomic mass is 10.2. The number of hydrogen-bond donors (Lipinski definition) is 0. The molecule has 1 heterocycles. The molecule has 0 aliphatic heterocycles. The van der Waals surface area contributed by atoms with E-state index in [2.05, 4.69) is 9.72 Å². The van der Waals surface area contributed by atoms with Crippen LogP contribution >= 0.6 is 22.6 Å². The number of pyridine rings is 1. The molecule has 13 heavy (non-hydrogen) atoms. The molecule has 5 heteroatoms. The molecule has 4 nitrogen and oxygen atoms in total. The van der Waals surface area contributed by atoms with Gasteiger partial charge in [0.25, 0.3) is 0 Å². The maximum atomic E-state index is 11.1. The molecule has 1 aromatic rings. The van der Waals surface area contributed by atoms with Crippen molar-refractivity contribution in [3.8, 4) is 0 Å². The lowest BCUT2D eigenvalue weighted by Crippen LogP contribution is -2.04. The fraction of sp³-hybridized carbons (Fsp3) is 0.125. The van der Waals surface area contributed by atoms with Gasteiger partial charge in [-0.3, -0.25) is 4.79 Å². The van der Waals surface area contributed by atoms with Crippen LogP contribution in [0, 0.1) is 3.70 Å². The van der Waals surface area contributed by atoms with E-state index in [0.717, 1.165) is 0 Å². The number of halogens is 1. The molecular formula is C8H6INO3. The molecule has 68 valence electrons. The second-order valence-corrected chi connectivity index (χ2v) is 3.32. The molecule has 0 bridgehead atoms. The Bertz CT molecular complexity index is 351. The van der Waals surface area contributed by atoms with Crippen LogP contribution in [-0.4, -0.2) is 24.3 Å². The van der Waals surface area contributed by atoms with Crippen LogP contribution in [0.4, 0.5) is 0 Å². The highest BCUT2D eigenvalue weighted by Gasteiger charge is 2.08. The Morgan fingerprint density at radius 2 is 2.31 bits per heavy atom. The van der Waals surface area contributed by atoms with E-state index in [0.29, 0.717) is 15.6 Å². The summed E-state index contributed by atoms with van der Waals surface area (Å²) in [6.07, 6.45) is 0.592. The molecule has 0 saturated carbocycles. The Kier molecular flexibility index (Phi) is 3.35. The Labute approximate surface area is 88.4 Å². The van der Waals surface area contributed by atoms with Gasteiger partial charge >= 0.3 is 5.97 Å². The topological polar surface area (TPSA) is 56.3 Å². The molecule has 0 radical (unpaired) electrons. The zero-order valence-corrected chi connectivity index (χ0v) is 8.94. The highest BCUT2D eigenvalue weighted by atomic mass is 127. The van der Waals surface area contributed by atoms with Crippen molar-refractivity contribution in [1.82, 2.24) is 4.98 Å². The fourth-order valence-corrected chi connectivity index (χ4v) is 1.43. The number of methoxy groups -OCH3 is 1. The van der Waals surface area contributed by atoms with Gasteiger partial charge in [-0.25, -0.2) is 9.78 Å². The number of aldehydes is 1. The first-order chi connectivity index (χ1) is 6.17. The smallest absolute Gasteiger partial charge is 0.338 e. The highest BCUT2D eigenvalue weighted by Crippen LogP contribution is 2.08. The summed E-state index contributed by atoms with van der Waals surface area (Å²) in [5.74, 6) is -0.469. The van der Waals surface area contributed by atoms with E-state index in [4.69, 9.17) is 0 Å². The van der Waals surface area contributed by atoms with Gasteiger partial charge in [-0.2, -0.15) is 0 Å². The Morgan fingerprint density at radius 1 is 1.62 bits per heavy atom. The zero-order chi connectivity index (χ0) is 9.84. The van der Waals surface area contributed by atoms with Crippen LogP contribution in [0.15, 0.2) is 12.1 Å². The number of carbonyl (C=O) groups excluding carboxylic acids is 2. The summed E-state index contributed by atoms with van der Waals surface area (Å²) < 4.78 is 5.09. The van der Waals surface area contributed by atoms with Crippen molar-refractivity contribution in [3.63, 3.8) is 0 Å². The molecule has 0 aliphatic rings. The Balaban J connectivity index is 3.15. The van der Waals surface area contributed by atoms with Crippen LogP contribution in [0.5, 0.6) is 0 Å². The normalized spacial score (nSPS) is 9.38. The molecule has 0 aromatic carbocycles. The SMILES string of the molecule is COC(=O)c1cc(I)nc(C=O)c1. The molecule has 0 aliphatic carbocycles. The van der Waals surface area contributed by atoms with Gasteiger partial charge in [-0.05, 0) is 34.7 Å². The van der Waals surface area contributed by atoms with E-state index in [1.807, 2.05) is 22.6 Å². The molecular weight excluding hydrogens is 285 g/mol. The second-order valence-electron chi connectivity index (χ2n) is 2.21. The van der Waals surface area contributed by atoms with Gasteiger partial charge < -0.3 is 4.74 Å². The molecule has 0 atom stereocenters. The standard InChI is InChI=1S/C8H6INO3/c1-13-8(12)5-2-6(4-11)10-7(9)3-5/h2-4H,1H3. The van der Waals surface area contributed by atoms with Crippen LogP contribution in [-0.2, 0) is 4.74 Å². The third-order valence-corrected chi connectivity index (χ3v) is 1.91. The summed E-state index contributed by atoms with van der Waals surface area (Å²) in [4.78, 5) is 25.3. The van der Waals surface area contributed by atoms with Crippen LogP contribution in [0.2, 0.25) is 0 Å². The molecule has 1 rings (SSSR count). The minimum Gasteiger partial charge on any atom is -0.465 e. The van der Waals surface area contributed by atoms with Gasteiger partial charge in [0.05, 0.1) is 12.7 Å². The third-order valence-electron chi connectivity index (χ3n) is 1.36. The Hall–Kier alpha value is -0.980. The lowest BCUT2D eigenvalue weighted by Gasteiger charge is -1.99. The minimum atomic E-state index is -0.469. The second kappa shape index (κ2) is 4.31. The van der Waals surface area contributed by atoms with E-state index in [9.17, 15) is 9.59 Å². The summed E-state index contributed by atoms with van der Waals surface area (Å²) in [5.41, 5.74) is 0.566. The van der Waals surface area contributed by atoms with E-state index in [1.165, 1.54) is 13.2 Å². The largest absolute Gasteiger partial charge is 0.465 e. The van der Waals surface area contributed by atoms with E-state index < -0.39 is 5.97 Å². The Morgan fingerprint density at radius 3 is 2.85 bits per heavy atom. The quantitative estimate of drug-likeness (QED) is 0.356. The minimum absolute atomic E-state index is 0.229. The summed E-state index contributed by atoms with van der Waals surface area (Å²) in [7, 11) is 1.29. The molecule has 0 amide bonds. The first-order valence-corrected chi connectivity index (χ1v) is 4.46. The van der Waals surface area contributed by atoms with Crippen molar-refractivity contribution < 1.29 is 14.3 Å². The van der Waals surface area contributed by atoms with E-state index in [1.54, 1.807) is 6.07 Å². The van der Waals surface area contributed by atoms with E-state index in [-0.39, 0.29) is 5.69 Å². The maximum absolute atomic E-state index is 11.1. The van der Waals surface area contributed by atoms with Crippen LogP contribution in [0.25, 0.3) is 0 Å². The number of nitrogens with zero attached hydrogens (tertiary/aromatic N) is 1. The van der Waals surface area contributed by atoms with Crippen molar-refractivity contribution in [3.05, 3.63) is 27.1 Å². The number of hydrogen-bond acceptors (Lipinski definition) is 4. The van der Waals surface area contributed by atoms with Gasteiger partial charge in [-0.1, -0.05) is 0 Å². The average Bonchev–Trinajstić information content (AvgIpc) is 2.15. The molecule has 0 N–H and O–H groups in total. The first kappa shape index (κ1) is 10.1. The number of carbonyl (C=O) groups is 2. The predicted molar refractivity (Wildman–Crippen MR) is 53.7 cm³/mol. The molecule has 0 fully saturated rings. The lowest BCUT2D eigenvalue weighted by molar-refractivity contribution is 0.0600. The summed E-state index contributed by atoms with van der Waals surface area (Å²) in [6, 6.07) is 2.94. The summed E-state index contributed by atoms with van der Waals surface area (Å²) >= 11 is 1.93. The van der Waals surface area contributed by atoms with Crippen LogP contribution in [0.3, 0.4) is 0 Å². The van der Waals surface area contributed by atoms with Crippen LogP contribution in [0.1, 0.15) is 20.8 Å². The van der Waals surface area contributed by atoms with Crippen molar-refractivity contribution in [2.45, 2.75) is 0 Å². The molecule has 0 spiro atoms. The van der Waals surface area contributed by atoms with Gasteiger partial charge in [0.1, 0.15) is 9.39 Å². The molecule has 0 unspecified atom stereocenters.